The van der Waals surface area contributed by atoms with Crippen molar-refractivity contribution in [3.8, 4) is 5.75 Å². The number of benzene rings is 1. The summed E-state index contributed by atoms with van der Waals surface area (Å²) in [5.74, 6) is 0.942. The van der Waals surface area contributed by atoms with Gasteiger partial charge in [-0.05, 0) is 25.5 Å². The highest BCUT2D eigenvalue weighted by Gasteiger charge is 2.16. The fraction of sp³-hybridized carbons (Fsp3) is 0.500. The lowest BCUT2D eigenvalue weighted by molar-refractivity contribution is -0.129. The second-order valence-corrected chi connectivity index (χ2v) is 5.40. The van der Waals surface area contributed by atoms with E-state index in [0.717, 1.165) is 12.2 Å². The standard InChI is InChI=1S/C14H20BrNO2/c1-4-13(15)14(17)16(3)9-10-18-12-7-5-11(2)6-8-12/h5-8,13H,4,9-10H2,1-3H3. The highest BCUT2D eigenvalue weighted by atomic mass is 79.9. The SMILES string of the molecule is CCC(Br)C(=O)N(C)CCOc1ccc(C)cc1. The third-order valence-electron chi connectivity index (χ3n) is 2.72. The number of hydrogen-bond donors (Lipinski definition) is 0. The van der Waals surface area contributed by atoms with Crippen LogP contribution in [-0.4, -0.2) is 35.8 Å². The molecule has 1 aromatic rings. The number of aryl methyl sites for hydroxylation is 1. The smallest absolute Gasteiger partial charge is 0.236 e. The van der Waals surface area contributed by atoms with Crippen molar-refractivity contribution in [2.45, 2.75) is 25.1 Å². The Morgan fingerprint density at radius 2 is 2.00 bits per heavy atom. The van der Waals surface area contributed by atoms with Crippen LogP contribution >= 0.6 is 15.9 Å². The zero-order valence-electron chi connectivity index (χ0n) is 11.1. The van der Waals surface area contributed by atoms with Gasteiger partial charge in [0.1, 0.15) is 12.4 Å². The largest absolute Gasteiger partial charge is 0.492 e. The van der Waals surface area contributed by atoms with Gasteiger partial charge in [0.15, 0.2) is 0 Å². The van der Waals surface area contributed by atoms with Crippen molar-refractivity contribution in [2.75, 3.05) is 20.2 Å². The van der Waals surface area contributed by atoms with E-state index < -0.39 is 0 Å². The van der Waals surface area contributed by atoms with Crippen molar-refractivity contribution in [1.82, 2.24) is 4.90 Å². The van der Waals surface area contributed by atoms with Crippen LogP contribution in [0.3, 0.4) is 0 Å². The molecule has 0 aromatic heterocycles. The number of ether oxygens (including phenoxy) is 1. The highest BCUT2D eigenvalue weighted by Crippen LogP contribution is 2.12. The monoisotopic (exact) mass is 313 g/mol. The topological polar surface area (TPSA) is 29.5 Å². The molecule has 1 atom stereocenters. The van der Waals surface area contributed by atoms with Crippen molar-refractivity contribution >= 4 is 21.8 Å². The van der Waals surface area contributed by atoms with Gasteiger partial charge in [0.2, 0.25) is 5.91 Å². The lowest BCUT2D eigenvalue weighted by atomic mass is 10.2. The van der Waals surface area contributed by atoms with Crippen molar-refractivity contribution < 1.29 is 9.53 Å². The minimum absolute atomic E-state index is 0.0955. The highest BCUT2D eigenvalue weighted by molar-refractivity contribution is 9.10. The third-order valence-corrected chi connectivity index (χ3v) is 3.76. The van der Waals surface area contributed by atoms with Crippen LogP contribution < -0.4 is 4.74 Å². The number of likely N-dealkylation sites (N-methyl/N-ethyl adjacent to an activating group) is 1. The van der Waals surface area contributed by atoms with Gasteiger partial charge in [0.25, 0.3) is 0 Å². The van der Waals surface area contributed by atoms with Crippen LogP contribution in [0, 0.1) is 6.92 Å². The van der Waals surface area contributed by atoms with Gasteiger partial charge in [-0.15, -0.1) is 0 Å². The second kappa shape index (κ2) is 7.41. The molecule has 1 rings (SSSR count). The molecule has 0 aliphatic rings. The number of alkyl halides is 1. The fourth-order valence-electron chi connectivity index (χ4n) is 1.46. The minimum atomic E-state index is -0.0955. The van der Waals surface area contributed by atoms with E-state index in [9.17, 15) is 4.79 Å². The minimum Gasteiger partial charge on any atom is -0.492 e. The second-order valence-electron chi connectivity index (χ2n) is 4.30. The van der Waals surface area contributed by atoms with E-state index in [-0.39, 0.29) is 10.7 Å². The molecular formula is C14H20BrNO2. The lowest BCUT2D eigenvalue weighted by Gasteiger charge is -2.19. The number of hydrogen-bond acceptors (Lipinski definition) is 2. The van der Waals surface area contributed by atoms with Crippen LogP contribution in [-0.2, 0) is 4.79 Å². The summed E-state index contributed by atoms with van der Waals surface area (Å²) in [4.78, 5) is 13.4. The van der Waals surface area contributed by atoms with Gasteiger partial charge in [0, 0.05) is 7.05 Å². The van der Waals surface area contributed by atoms with Gasteiger partial charge in [0.05, 0.1) is 11.4 Å². The van der Waals surface area contributed by atoms with Gasteiger partial charge in [-0.1, -0.05) is 40.5 Å². The quantitative estimate of drug-likeness (QED) is 0.756. The molecule has 0 fully saturated rings. The van der Waals surface area contributed by atoms with Crippen LogP contribution in [0.5, 0.6) is 5.75 Å². The van der Waals surface area contributed by atoms with Gasteiger partial charge < -0.3 is 9.64 Å². The normalized spacial score (nSPS) is 12.0. The Morgan fingerprint density at radius 1 is 1.39 bits per heavy atom. The molecule has 100 valence electrons. The van der Waals surface area contributed by atoms with E-state index in [1.165, 1.54) is 5.56 Å². The Hall–Kier alpha value is -1.03. The average Bonchev–Trinajstić information content (AvgIpc) is 2.39. The molecule has 0 aliphatic heterocycles. The van der Waals surface area contributed by atoms with Crippen LogP contribution in [0.1, 0.15) is 18.9 Å². The Kier molecular flexibility index (Phi) is 6.19. The van der Waals surface area contributed by atoms with Crippen LogP contribution in [0.2, 0.25) is 0 Å². The molecule has 0 saturated carbocycles. The molecule has 0 aliphatic carbocycles. The van der Waals surface area contributed by atoms with E-state index in [1.807, 2.05) is 38.1 Å². The summed E-state index contributed by atoms with van der Waals surface area (Å²) in [7, 11) is 1.80. The number of halogens is 1. The molecule has 0 N–H and O–H groups in total. The van der Waals surface area contributed by atoms with E-state index in [1.54, 1.807) is 11.9 Å². The first-order valence-electron chi connectivity index (χ1n) is 6.13. The number of carbonyl (C=O) groups is 1. The first-order valence-corrected chi connectivity index (χ1v) is 7.04. The Balaban J connectivity index is 2.33. The average molecular weight is 314 g/mol. The van der Waals surface area contributed by atoms with E-state index >= 15 is 0 Å². The molecule has 0 bridgehead atoms. The maximum absolute atomic E-state index is 11.8. The Labute approximate surface area is 117 Å². The van der Waals surface area contributed by atoms with Crippen LogP contribution in [0.4, 0.5) is 0 Å². The van der Waals surface area contributed by atoms with Crippen molar-refractivity contribution in [2.24, 2.45) is 0 Å². The maximum Gasteiger partial charge on any atom is 0.236 e. The first-order chi connectivity index (χ1) is 8.54. The number of rotatable bonds is 6. The summed E-state index contributed by atoms with van der Waals surface area (Å²) in [5.41, 5.74) is 1.21. The summed E-state index contributed by atoms with van der Waals surface area (Å²) in [6, 6.07) is 7.90. The molecule has 0 spiro atoms. The van der Waals surface area contributed by atoms with Crippen molar-refractivity contribution in [3.63, 3.8) is 0 Å². The van der Waals surface area contributed by atoms with Gasteiger partial charge in [-0.3, -0.25) is 4.79 Å². The van der Waals surface area contributed by atoms with Gasteiger partial charge >= 0.3 is 0 Å². The van der Waals surface area contributed by atoms with Crippen LogP contribution in [0.15, 0.2) is 24.3 Å². The van der Waals surface area contributed by atoms with Crippen molar-refractivity contribution in [1.29, 1.82) is 0 Å². The Morgan fingerprint density at radius 3 is 2.56 bits per heavy atom. The summed E-state index contributed by atoms with van der Waals surface area (Å²) in [6.45, 7) is 5.12. The van der Waals surface area contributed by atoms with Gasteiger partial charge in [-0.25, -0.2) is 0 Å². The lowest BCUT2D eigenvalue weighted by Crippen LogP contribution is -2.35. The molecule has 18 heavy (non-hydrogen) atoms. The van der Waals surface area contributed by atoms with Gasteiger partial charge in [-0.2, -0.15) is 0 Å². The number of amides is 1. The predicted molar refractivity (Wildman–Crippen MR) is 77.3 cm³/mol. The summed E-state index contributed by atoms with van der Waals surface area (Å²) in [6.07, 6.45) is 0.794. The zero-order chi connectivity index (χ0) is 13.5. The molecular weight excluding hydrogens is 294 g/mol. The zero-order valence-corrected chi connectivity index (χ0v) is 12.7. The molecule has 4 heteroatoms. The number of carbonyl (C=O) groups excluding carboxylic acids is 1. The third kappa shape index (κ3) is 4.69. The first kappa shape index (κ1) is 15.0. The van der Waals surface area contributed by atoms with Crippen molar-refractivity contribution in [3.05, 3.63) is 29.8 Å². The summed E-state index contributed by atoms with van der Waals surface area (Å²) < 4.78 is 5.59. The van der Waals surface area contributed by atoms with E-state index in [2.05, 4.69) is 15.9 Å². The fourth-order valence-corrected chi connectivity index (χ4v) is 1.81. The molecule has 1 unspecified atom stereocenters. The Bertz CT molecular complexity index is 378. The number of nitrogens with zero attached hydrogens (tertiary/aromatic N) is 1. The van der Waals surface area contributed by atoms with E-state index in [4.69, 9.17) is 4.74 Å². The molecule has 1 aromatic carbocycles. The van der Waals surface area contributed by atoms with E-state index in [0.29, 0.717) is 13.2 Å². The predicted octanol–water partition coefficient (Wildman–Crippen LogP) is 3.01. The molecule has 0 heterocycles. The molecule has 3 nitrogen and oxygen atoms in total. The van der Waals surface area contributed by atoms with Crippen LogP contribution in [0.25, 0.3) is 0 Å². The summed E-state index contributed by atoms with van der Waals surface area (Å²) >= 11 is 3.36. The summed E-state index contributed by atoms with van der Waals surface area (Å²) in [5, 5.41) is 0. The molecule has 0 saturated heterocycles. The molecule has 1 amide bonds. The molecule has 0 radical (unpaired) electrons. The maximum atomic E-state index is 11.8.